The molecular formula is C15H22N4O2. The molecule has 1 unspecified atom stereocenters. The second-order valence-electron chi connectivity index (χ2n) is 5.66. The summed E-state index contributed by atoms with van der Waals surface area (Å²) in [4.78, 5) is 23.5. The predicted octanol–water partition coefficient (Wildman–Crippen LogP) is 0.884. The van der Waals surface area contributed by atoms with Gasteiger partial charge in [-0.05, 0) is 45.3 Å². The van der Waals surface area contributed by atoms with Crippen molar-refractivity contribution in [2.24, 2.45) is 0 Å². The molecular weight excluding hydrogens is 268 g/mol. The molecule has 3 rings (SSSR count). The fraction of sp³-hybridized carbons (Fsp3) is 0.667. The van der Waals surface area contributed by atoms with Gasteiger partial charge in [0.25, 0.3) is 0 Å². The average molecular weight is 290 g/mol. The van der Waals surface area contributed by atoms with E-state index in [0.717, 1.165) is 45.3 Å². The minimum atomic E-state index is -0.0706. The van der Waals surface area contributed by atoms with Crippen LogP contribution in [0.15, 0.2) is 12.4 Å². The van der Waals surface area contributed by atoms with Gasteiger partial charge in [-0.3, -0.25) is 9.69 Å². The molecule has 0 spiro atoms. The van der Waals surface area contributed by atoms with E-state index in [-0.39, 0.29) is 11.8 Å². The molecule has 0 radical (unpaired) electrons. The van der Waals surface area contributed by atoms with Gasteiger partial charge in [-0.15, -0.1) is 0 Å². The molecule has 0 saturated carbocycles. The van der Waals surface area contributed by atoms with Crippen molar-refractivity contribution in [1.29, 1.82) is 0 Å². The smallest absolute Gasteiger partial charge is 0.243 e. The van der Waals surface area contributed by atoms with E-state index < -0.39 is 0 Å². The molecule has 1 aromatic rings. The zero-order chi connectivity index (χ0) is 14.7. The largest absolute Gasteiger partial charge is 0.479 e. The molecule has 0 amide bonds. The molecule has 2 saturated heterocycles. The number of nitrogens with one attached hydrogen (secondary N) is 1. The number of aromatic nitrogens is 2. The third kappa shape index (κ3) is 2.91. The molecule has 1 aromatic heterocycles. The number of hydrogen-bond donors (Lipinski definition) is 1. The van der Waals surface area contributed by atoms with Crippen LogP contribution in [-0.2, 0) is 0 Å². The van der Waals surface area contributed by atoms with Crippen LogP contribution in [0.2, 0.25) is 0 Å². The van der Waals surface area contributed by atoms with E-state index in [1.165, 1.54) is 7.11 Å². The Labute approximate surface area is 124 Å². The minimum absolute atomic E-state index is 0.0518. The molecule has 2 aliphatic rings. The lowest BCUT2D eigenvalue weighted by Crippen LogP contribution is -2.48. The number of ketones is 1. The summed E-state index contributed by atoms with van der Waals surface area (Å²) in [6.07, 6.45) is 7.31. The van der Waals surface area contributed by atoms with Gasteiger partial charge in [-0.1, -0.05) is 0 Å². The summed E-state index contributed by atoms with van der Waals surface area (Å²) in [6, 6.07) is 0.434. The fourth-order valence-electron chi connectivity index (χ4n) is 3.45. The molecule has 6 heteroatoms. The first-order valence-electron chi connectivity index (χ1n) is 7.67. The van der Waals surface area contributed by atoms with Gasteiger partial charge in [-0.2, -0.15) is 0 Å². The van der Waals surface area contributed by atoms with Gasteiger partial charge in [0.1, 0.15) is 0 Å². The van der Waals surface area contributed by atoms with Crippen LogP contribution >= 0.6 is 0 Å². The highest BCUT2D eigenvalue weighted by Gasteiger charge is 2.37. The highest BCUT2D eigenvalue weighted by Crippen LogP contribution is 2.28. The molecule has 1 N–H and O–H groups in total. The quantitative estimate of drug-likeness (QED) is 0.831. The van der Waals surface area contributed by atoms with Gasteiger partial charge in [0, 0.05) is 18.4 Å². The van der Waals surface area contributed by atoms with Crippen molar-refractivity contribution < 1.29 is 9.53 Å². The average Bonchev–Trinajstić information content (AvgIpc) is 3.04. The molecule has 6 nitrogen and oxygen atoms in total. The summed E-state index contributed by atoms with van der Waals surface area (Å²) in [5, 5.41) is 3.38. The topological polar surface area (TPSA) is 67.4 Å². The van der Waals surface area contributed by atoms with Gasteiger partial charge in [-0.25, -0.2) is 9.97 Å². The highest BCUT2D eigenvalue weighted by molar-refractivity contribution is 6.00. The number of methoxy groups -OCH3 is 1. The van der Waals surface area contributed by atoms with Crippen molar-refractivity contribution in [3.63, 3.8) is 0 Å². The molecule has 0 aliphatic carbocycles. The summed E-state index contributed by atoms with van der Waals surface area (Å²) in [6.45, 7) is 3.08. The number of carbonyl (C=O) groups excluding carboxylic acids is 1. The molecule has 114 valence electrons. The van der Waals surface area contributed by atoms with Crippen molar-refractivity contribution in [3.8, 4) is 5.88 Å². The van der Waals surface area contributed by atoms with Gasteiger partial charge in [0.2, 0.25) is 11.7 Å². The number of nitrogens with zero attached hydrogens (tertiary/aromatic N) is 3. The van der Waals surface area contributed by atoms with Crippen LogP contribution in [0, 0.1) is 0 Å². The number of rotatable bonds is 4. The van der Waals surface area contributed by atoms with Crippen molar-refractivity contribution in [2.45, 2.75) is 37.8 Å². The summed E-state index contributed by atoms with van der Waals surface area (Å²) in [5.41, 5.74) is 0.367. The van der Waals surface area contributed by atoms with E-state index in [0.29, 0.717) is 17.6 Å². The van der Waals surface area contributed by atoms with Crippen molar-refractivity contribution in [1.82, 2.24) is 20.2 Å². The normalized spacial score (nSPS) is 24.1. The van der Waals surface area contributed by atoms with Crippen LogP contribution in [0.3, 0.4) is 0 Å². The fourth-order valence-corrected chi connectivity index (χ4v) is 3.45. The van der Waals surface area contributed by atoms with E-state index >= 15 is 0 Å². The first kappa shape index (κ1) is 14.4. The van der Waals surface area contributed by atoms with Crippen LogP contribution in [0.1, 0.15) is 36.2 Å². The second kappa shape index (κ2) is 6.49. The number of likely N-dealkylation sites (tertiary alicyclic amines) is 1. The second-order valence-corrected chi connectivity index (χ2v) is 5.66. The van der Waals surface area contributed by atoms with E-state index in [9.17, 15) is 4.79 Å². The minimum Gasteiger partial charge on any atom is -0.479 e. The summed E-state index contributed by atoms with van der Waals surface area (Å²) < 4.78 is 5.18. The Bertz CT molecular complexity index is 502. The van der Waals surface area contributed by atoms with Gasteiger partial charge in [0.05, 0.1) is 13.2 Å². The van der Waals surface area contributed by atoms with Crippen LogP contribution < -0.4 is 10.1 Å². The van der Waals surface area contributed by atoms with E-state index in [1.807, 2.05) is 0 Å². The van der Waals surface area contributed by atoms with E-state index in [4.69, 9.17) is 4.74 Å². The van der Waals surface area contributed by atoms with E-state index in [1.54, 1.807) is 12.4 Å². The Morgan fingerprint density at radius 3 is 2.81 bits per heavy atom. The zero-order valence-corrected chi connectivity index (χ0v) is 12.4. The van der Waals surface area contributed by atoms with Crippen molar-refractivity contribution in [3.05, 3.63) is 18.1 Å². The third-order valence-corrected chi connectivity index (χ3v) is 4.47. The number of carbonyl (C=O) groups is 1. The van der Waals surface area contributed by atoms with Crippen LogP contribution in [-0.4, -0.2) is 59.5 Å². The number of hydrogen-bond acceptors (Lipinski definition) is 6. The summed E-state index contributed by atoms with van der Waals surface area (Å²) in [5.74, 6) is 0.385. The lowest BCUT2D eigenvalue weighted by molar-refractivity contribution is 0.0774. The molecule has 3 heterocycles. The third-order valence-electron chi connectivity index (χ3n) is 4.47. The molecule has 1 atom stereocenters. The Morgan fingerprint density at radius 2 is 2.05 bits per heavy atom. The van der Waals surface area contributed by atoms with Crippen LogP contribution in [0.4, 0.5) is 0 Å². The Balaban J connectivity index is 1.79. The molecule has 21 heavy (non-hydrogen) atoms. The van der Waals surface area contributed by atoms with Crippen LogP contribution in [0.25, 0.3) is 0 Å². The summed E-state index contributed by atoms with van der Waals surface area (Å²) in [7, 11) is 1.53. The summed E-state index contributed by atoms with van der Waals surface area (Å²) >= 11 is 0. The van der Waals surface area contributed by atoms with Gasteiger partial charge < -0.3 is 10.1 Å². The lowest BCUT2D eigenvalue weighted by Gasteiger charge is -2.35. The lowest BCUT2D eigenvalue weighted by atomic mass is 10.0. The molecule has 2 fully saturated rings. The van der Waals surface area contributed by atoms with Crippen molar-refractivity contribution >= 4 is 5.78 Å². The first-order chi connectivity index (χ1) is 10.3. The number of piperidine rings is 1. The number of Topliss-reactive ketones (excluding diaryl/α,β-unsaturated/α-hetero) is 1. The number of ether oxygens (including phenoxy) is 1. The maximum absolute atomic E-state index is 12.8. The Kier molecular flexibility index (Phi) is 4.45. The molecule has 0 bridgehead atoms. The standard InChI is InChI=1S/C15H22N4O2/c1-21-15-13(17-8-9-18-15)14(20)12-3-2-10-19(12)11-4-6-16-7-5-11/h8-9,11-12,16H,2-7,10H2,1H3. The first-order valence-corrected chi connectivity index (χ1v) is 7.67. The molecule has 0 aromatic carbocycles. The zero-order valence-electron chi connectivity index (χ0n) is 12.4. The van der Waals surface area contributed by atoms with Crippen molar-refractivity contribution in [2.75, 3.05) is 26.7 Å². The Morgan fingerprint density at radius 1 is 1.29 bits per heavy atom. The van der Waals surface area contributed by atoms with Crippen LogP contribution in [0.5, 0.6) is 5.88 Å². The molecule has 2 aliphatic heterocycles. The maximum atomic E-state index is 12.8. The van der Waals surface area contributed by atoms with Gasteiger partial charge in [0.15, 0.2) is 5.69 Å². The van der Waals surface area contributed by atoms with E-state index in [2.05, 4.69) is 20.2 Å². The SMILES string of the molecule is COc1nccnc1C(=O)C1CCCN1C1CCNCC1. The monoisotopic (exact) mass is 290 g/mol. The highest BCUT2D eigenvalue weighted by atomic mass is 16.5. The Hall–Kier alpha value is -1.53. The van der Waals surface area contributed by atoms with Gasteiger partial charge >= 0.3 is 0 Å². The maximum Gasteiger partial charge on any atom is 0.243 e. The predicted molar refractivity (Wildman–Crippen MR) is 78.5 cm³/mol.